The summed E-state index contributed by atoms with van der Waals surface area (Å²) in [5, 5.41) is 10.1. The number of hydrogen-bond donors (Lipinski definition) is 1. The van der Waals surface area contributed by atoms with E-state index in [9.17, 15) is 0 Å². The molecule has 2 nitrogen and oxygen atoms in total. The molecule has 1 heterocycles. The average Bonchev–Trinajstić information content (AvgIpc) is 2.84. The van der Waals surface area contributed by atoms with Crippen LogP contribution in [0.15, 0.2) is 48.5 Å². The highest BCUT2D eigenvalue weighted by Gasteiger charge is 2.07. The zero-order valence-electron chi connectivity index (χ0n) is 12.2. The van der Waals surface area contributed by atoms with Crippen LogP contribution >= 0.6 is 0 Å². The molecular formula is C19H18N2. The van der Waals surface area contributed by atoms with E-state index in [1.807, 2.05) is 12.1 Å². The third-order valence-corrected chi connectivity index (χ3v) is 4.00. The Balaban J connectivity index is 1.69. The van der Waals surface area contributed by atoms with Crippen LogP contribution in [0.2, 0.25) is 0 Å². The molecule has 3 aromatic rings. The SMILES string of the molecule is Cc1[nH]c2ccccc2c1CCCc1ccc(C#N)cc1. The van der Waals surface area contributed by atoms with E-state index in [4.69, 9.17) is 5.26 Å². The number of fused-ring (bicyclic) bond motifs is 1. The maximum absolute atomic E-state index is 8.81. The molecule has 0 radical (unpaired) electrons. The molecule has 1 N–H and O–H groups in total. The molecule has 0 aliphatic heterocycles. The first-order valence-corrected chi connectivity index (χ1v) is 7.33. The molecule has 21 heavy (non-hydrogen) atoms. The predicted molar refractivity (Wildman–Crippen MR) is 86.2 cm³/mol. The molecule has 0 aliphatic rings. The fourth-order valence-electron chi connectivity index (χ4n) is 2.87. The Bertz CT molecular complexity index is 789. The lowest BCUT2D eigenvalue weighted by Crippen LogP contribution is -1.91. The summed E-state index contributed by atoms with van der Waals surface area (Å²) in [6.07, 6.45) is 3.25. The van der Waals surface area contributed by atoms with Gasteiger partial charge in [-0.15, -0.1) is 0 Å². The molecule has 0 saturated carbocycles. The molecule has 2 aromatic carbocycles. The second-order valence-electron chi connectivity index (χ2n) is 5.44. The number of aromatic nitrogens is 1. The van der Waals surface area contributed by atoms with E-state index in [0.29, 0.717) is 0 Å². The molecule has 0 atom stereocenters. The number of aryl methyl sites for hydroxylation is 3. The van der Waals surface area contributed by atoms with Crippen molar-refractivity contribution >= 4 is 10.9 Å². The fourth-order valence-corrected chi connectivity index (χ4v) is 2.87. The van der Waals surface area contributed by atoms with Gasteiger partial charge in [0.25, 0.3) is 0 Å². The first-order valence-electron chi connectivity index (χ1n) is 7.33. The molecular weight excluding hydrogens is 256 g/mol. The van der Waals surface area contributed by atoms with Crippen LogP contribution in [-0.4, -0.2) is 4.98 Å². The minimum Gasteiger partial charge on any atom is -0.358 e. The van der Waals surface area contributed by atoms with Crippen molar-refractivity contribution < 1.29 is 0 Å². The number of para-hydroxylation sites is 1. The van der Waals surface area contributed by atoms with Crippen LogP contribution in [0.4, 0.5) is 0 Å². The van der Waals surface area contributed by atoms with Gasteiger partial charge in [-0.25, -0.2) is 0 Å². The molecule has 2 heteroatoms. The lowest BCUT2D eigenvalue weighted by atomic mass is 10.0. The standard InChI is InChI=1S/C19H18N2/c1-14-17(18-6-2-3-8-19(18)21-14)7-4-5-15-9-11-16(13-20)12-10-15/h2-3,6,8-12,21H,4-5,7H2,1H3. The van der Waals surface area contributed by atoms with Gasteiger partial charge in [-0.05, 0) is 55.5 Å². The van der Waals surface area contributed by atoms with E-state index in [2.05, 4.69) is 54.4 Å². The van der Waals surface area contributed by atoms with Crippen molar-refractivity contribution in [3.8, 4) is 6.07 Å². The van der Waals surface area contributed by atoms with Gasteiger partial charge in [0.15, 0.2) is 0 Å². The lowest BCUT2D eigenvalue weighted by Gasteiger charge is -2.03. The highest BCUT2D eigenvalue weighted by molar-refractivity contribution is 5.84. The number of nitriles is 1. The van der Waals surface area contributed by atoms with Gasteiger partial charge >= 0.3 is 0 Å². The molecule has 0 unspecified atom stereocenters. The molecule has 0 bridgehead atoms. The van der Waals surface area contributed by atoms with Crippen molar-refractivity contribution in [2.75, 3.05) is 0 Å². The van der Waals surface area contributed by atoms with Crippen molar-refractivity contribution in [3.63, 3.8) is 0 Å². The van der Waals surface area contributed by atoms with Gasteiger partial charge in [-0.2, -0.15) is 5.26 Å². The third kappa shape index (κ3) is 2.83. The summed E-state index contributed by atoms with van der Waals surface area (Å²) in [7, 11) is 0. The molecule has 1 aromatic heterocycles. The topological polar surface area (TPSA) is 39.6 Å². The summed E-state index contributed by atoms with van der Waals surface area (Å²) >= 11 is 0. The van der Waals surface area contributed by atoms with E-state index in [0.717, 1.165) is 24.8 Å². The van der Waals surface area contributed by atoms with Gasteiger partial charge in [0.1, 0.15) is 0 Å². The fraction of sp³-hybridized carbons (Fsp3) is 0.211. The third-order valence-electron chi connectivity index (χ3n) is 4.00. The number of nitrogens with one attached hydrogen (secondary N) is 1. The number of H-pyrrole nitrogens is 1. The van der Waals surface area contributed by atoms with Crippen LogP contribution in [0.25, 0.3) is 10.9 Å². The summed E-state index contributed by atoms with van der Waals surface area (Å²) < 4.78 is 0. The van der Waals surface area contributed by atoms with Crippen LogP contribution in [0.1, 0.15) is 28.8 Å². The summed E-state index contributed by atoms with van der Waals surface area (Å²) in [6, 6.07) is 18.5. The minimum absolute atomic E-state index is 0.728. The average molecular weight is 274 g/mol. The molecule has 0 saturated heterocycles. The van der Waals surface area contributed by atoms with Gasteiger partial charge in [-0.3, -0.25) is 0 Å². The highest BCUT2D eigenvalue weighted by atomic mass is 14.7. The first kappa shape index (κ1) is 13.5. The second kappa shape index (κ2) is 5.85. The number of nitrogens with zero attached hydrogens (tertiary/aromatic N) is 1. The van der Waals surface area contributed by atoms with Crippen LogP contribution < -0.4 is 0 Å². The summed E-state index contributed by atoms with van der Waals surface area (Å²) in [5.74, 6) is 0. The summed E-state index contributed by atoms with van der Waals surface area (Å²) in [5.41, 5.74) is 5.95. The van der Waals surface area contributed by atoms with Crippen LogP contribution in [0.3, 0.4) is 0 Å². The van der Waals surface area contributed by atoms with Crippen LogP contribution in [0.5, 0.6) is 0 Å². The van der Waals surface area contributed by atoms with E-state index >= 15 is 0 Å². The minimum atomic E-state index is 0.728. The van der Waals surface area contributed by atoms with Gasteiger partial charge in [0, 0.05) is 16.6 Å². The second-order valence-corrected chi connectivity index (χ2v) is 5.44. The van der Waals surface area contributed by atoms with Gasteiger partial charge < -0.3 is 4.98 Å². The Hall–Kier alpha value is -2.53. The number of benzene rings is 2. The lowest BCUT2D eigenvalue weighted by molar-refractivity contribution is 0.819. The first-order chi connectivity index (χ1) is 10.3. The van der Waals surface area contributed by atoms with E-state index < -0.39 is 0 Å². The Labute approximate surface area is 125 Å². The van der Waals surface area contributed by atoms with E-state index in [1.54, 1.807) is 0 Å². The van der Waals surface area contributed by atoms with Crippen molar-refractivity contribution in [2.24, 2.45) is 0 Å². The zero-order chi connectivity index (χ0) is 14.7. The predicted octanol–water partition coefficient (Wildman–Crippen LogP) is 4.52. The molecule has 0 fully saturated rings. The zero-order valence-corrected chi connectivity index (χ0v) is 12.2. The van der Waals surface area contributed by atoms with Crippen molar-refractivity contribution in [3.05, 3.63) is 70.9 Å². The van der Waals surface area contributed by atoms with Gasteiger partial charge in [0.2, 0.25) is 0 Å². The van der Waals surface area contributed by atoms with Crippen molar-refractivity contribution in [2.45, 2.75) is 26.2 Å². The number of rotatable bonds is 4. The van der Waals surface area contributed by atoms with Crippen LogP contribution in [-0.2, 0) is 12.8 Å². The largest absolute Gasteiger partial charge is 0.358 e. The number of hydrogen-bond acceptors (Lipinski definition) is 1. The Morgan fingerprint density at radius 1 is 1.00 bits per heavy atom. The number of aromatic amines is 1. The smallest absolute Gasteiger partial charge is 0.0991 e. The molecule has 0 amide bonds. The van der Waals surface area contributed by atoms with E-state index in [-0.39, 0.29) is 0 Å². The molecule has 3 rings (SSSR count). The maximum atomic E-state index is 8.81. The van der Waals surface area contributed by atoms with Gasteiger partial charge in [0.05, 0.1) is 11.6 Å². The molecule has 104 valence electrons. The van der Waals surface area contributed by atoms with Crippen LogP contribution in [0, 0.1) is 18.3 Å². The molecule has 0 spiro atoms. The van der Waals surface area contributed by atoms with E-state index in [1.165, 1.54) is 27.7 Å². The normalized spacial score (nSPS) is 10.7. The Morgan fingerprint density at radius 3 is 2.52 bits per heavy atom. The Morgan fingerprint density at radius 2 is 1.76 bits per heavy atom. The quantitative estimate of drug-likeness (QED) is 0.746. The van der Waals surface area contributed by atoms with Crippen molar-refractivity contribution in [1.29, 1.82) is 5.26 Å². The maximum Gasteiger partial charge on any atom is 0.0991 e. The van der Waals surface area contributed by atoms with Crippen molar-refractivity contribution in [1.82, 2.24) is 4.98 Å². The van der Waals surface area contributed by atoms with Gasteiger partial charge in [-0.1, -0.05) is 30.3 Å². The summed E-state index contributed by atoms with van der Waals surface area (Å²) in [6.45, 7) is 2.15. The monoisotopic (exact) mass is 274 g/mol. The highest BCUT2D eigenvalue weighted by Crippen LogP contribution is 2.23. The Kier molecular flexibility index (Phi) is 3.75. The summed E-state index contributed by atoms with van der Waals surface area (Å²) in [4.78, 5) is 3.45. The molecule has 0 aliphatic carbocycles.